The molecule has 0 spiro atoms. The number of carbonyl (C=O) groups excluding carboxylic acids is 2. The van der Waals surface area contributed by atoms with Crippen molar-refractivity contribution in [2.75, 3.05) is 13.7 Å². The van der Waals surface area contributed by atoms with Gasteiger partial charge in [0.15, 0.2) is 18.5 Å². The molecule has 0 saturated carbocycles. The fraction of sp³-hybridized carbons (Fsp3) is 0.360. The van der Waals surface area contributed by atoms with Crippen LogP contribution in [0, 0.1) is 11.6 Å². The molecule has 1 aromatic heterocycles. The van der Waals surface area contributed by atoms with Crippen molar-refractivity contribution in [3.63, 3.8) is 0 Å². The minimum atomic E-state index is -1.33. The van der Waals surface area contributed by atoms with Gasteiger partial charge in [-0.2, -0.15) is 0 Å². The Labute approximate surface area is 223 Å². The van der Waals surface area contributed by atoms with Gasteiger partial charge in [0.25, 0.3) is 0 Å². The predicted octanol–water partition coefficient (Wildman–Crippen LogP) is 3.51. The molecule has 3 aromatic rings. The minimum Gasteiger partial charge on any atom is -0.467 e. The molecular formula is C25H22BrF2N3O7. The van der Waals surface area contributed by atoms with Crippen LogP contribution in [0.1, 0.15) is 24.8 Å². The van der Waals surface area contributed by atoms with Crippen LogP contribution >= 0.6 is 15.9 Å². The van der Waals surface area contributed by atoms with Crippen LogP contribution in [0.5, 0.6) is 0 Å². The van der Waals surface area contributed by atoms with E-state index in [2.05, 4.69) is 26.2 Å². The highest BCUT2D eigenvalue weighted by atomic mass is 79.9. The Morgan fingerprint density at radius 1 is 1.13 bits per heavy atom. The molecule has 2 saturated heterocycles. The number of fused-ring (bicyclic) bond motifs is 1. The maximum absolute atomic E-state index is 14.2. The van der Waals surface area contributed by atoms with Crippen LogP contribution in [-0.2, 0) is 33.3 Å². The van der Waals surface area contributed by atoms with Gasteiger partial charge in [-0.05, 0) is 28.1 Å². The summed E-state index contributed by atoms with van der Waals surface area (Å²) < 4.78 is 58.0. The van der Waals surface area contributed by atoms with Crippen LogP contribution in [0.3, 0.4) is 0 Å². The van der Waals surface area contributed by atoms with E-state index < -0.39 is 60.3 Å². The number of hydrogen-bond donors (Lipinski definition) is 0. The second-order valence-electron chi connectivity index (χ2n) is 8.70. The van der Waals surface area contributed by atoms with Crippen LogP contribution in [0.2, 0.25) is 0 Å². The van der Waals surface area contributed by atoms with Gasteiger partial charge < -0.3 is 23.7 Å². The molecule has 0 aliphatic carbocycles. The monoisotopic (exact) mass is 593 g/mol. The molecule has 2 aliphatic rings. The van der Waals surface area contributed by atoms with E-state index in [1.165, 1.54) is 24.9 Å². The van der Waals surface area contributed by atoms with E-state index in [0.717, 1.165) is 17.7 Å². The molecule has 38 heavy (non-hydrogen) atoms. The van der Waals surface area contributed by atoms with Crippen molar-refractivity contribution in [2.24, 2.45) is 0 Å². The Bertz CT molecular complexity index is 1320. The summed E-state index contributed by atoms with van der Waals surface area (Å²) in [5, 5.41) is 8.23. The molecule has 200 valence electrons. The number of rotatable bonds is 5. The van der Waals surface area contributed by atoms with E-state index in [-0.39, 0.29) is 22.3 Å². The first kappa shape index (κ1) is 26.4. The highest BCUT2D eigenvalue weighted by Gasteiger charge is 2.55. The number of esters is 2. The zero-order valence-corrected chi connectivity index (χ0v) is 21.7. The van der Waals surface area contributed by atoms with Crippen LogP contribution in [0.25, 0.3) is 11.3 Å². The van der Waals surface area contributed by atoms with E-state index in [1.807, 2.05) is 30.3 Å². The average molecular weight is 594 g/mol. The van der Waals surface area contributed by atoms with E-state index >= 15 is 0 Å². The normalized spacial score (nSPS) is 26.9. The first-order valence-electron chi connectivity index (χ1n) is 11.6. The van der Waals surface area contributed by atoms with Gasteiger partial charge in [-0.1, -0.05) is 35.5 Å². The summed E-state index contributed by atoms with van der Waals surface area (Å²) in [5.41, 5.74) is 1.01. The third-order valence-electron chi connectivity index (χ3n) is 6.25. The molecule has 5 rings (SSSR count). The zero-order chi connectivity index (χ0) is 27.0. The number of hydrogen-bond acceptors (Lipinski definition) is 9. The van der Waals surface area contributed by atoms with Gasteiger partial charge in [0.05, 0.1) is 24.4 Å². The smallest absolute Gasteiger partial charge is 0.339 e. The van der Waals surface area contributed by atoms with E-state index in [9.17, 15) is 18.4 Å². The fourth-order valence-electron chi connectivity index (χ4n) is 4.57. The number of aromatic nitrogens is 3. The summed E-state index contributed by atoms with van der Waals surface area (Å²) in [6, 6.07) is 10.4. The summed E-state index contributed by atoms with van der Waals surface area (Å²) in [7, 11) is 1.18. The molecule has 2 fully saturated rings. The van der Waals surface area contributed by atoms with E-state index in [4.69, 9.17) is 23.7 Å². The summed E-state index contributed by atoms with van der Waals surface area (Å²) in [6.45, 7) is 1.24. The lowest BCUT2D eigenvalue weighted by atomic mass is 9.91. The van der Waals surface area contributed by atoms with E-state index in [0.29, 0.717) is 0 Å². The van der Waals surface area contributed by atoms with Crippen LogP contribution in [0.15, 0.2) is 53.1 Å². The van der Waals surface area contributed by atoms with Gasteiger partial charge in [0, 0.05) is 18.1 Å². The molecule has 0 bridgehead atoms. The van der Waals surface area contributed by atoms with Crippen molar-refractivity contribution in [1.29, 1.82) is 0 Å². The molecule has 6 atom stereocenters. The third-order valence-corrected chi connectivity index (χ3v) is 7.01. The molecule has 0 amide bonds. The van der Waals surface area contributed by atoms with Crippen LogP contribution < -0.4 is 0 Å². The maximum Gasteiger partial charge on any atom is 0.339 e. The summed E-state index contributed by atoms with van der Waals surface area (Å²) in [5.74, 6) is -3.09. The van der Waals surface area contributed by atoms with E-state index in [1.54, 1.807) is 0 Å². The Morgan fingerprint density at radius 3 is 2.50 bits per heavy atom. The predicted molar refractivity (Wildman–Crippen MR) is 128 cm³/mol. The van der Waals surface area contributed by atoms with Gasteiger partial charge in [-0.15, -0.1) is 5.10 Å². The summed E-state index contributed by atoms with van der Waals surface area (Å²) >= 11 is 2.85. The van der Waals surface area contributed by atoms with Crippen LogP contribution in [0.4, 0.5) is 8.78 Å². The quantitative estimate of drug-likeness (QED) is 0.324. The molecular weight excluding hydrogens is 572 g/mol. The minimum absolute atomic E-state index is 0.0473. The lowest BCUT2D eigenvalue weighted by Crippen LogP contribution is -2.62. The van der Waals surface area contributed by atoms with Crippen molar-refractivity contribution in [3.8, 4) is 11.3 Å². The molecule has 1 unspecified atom stereocenters. The largest absolute Gasteiger partial charge is 0.467 e. The zero-order valence-electron chi connectivity index (χ0n) is 20.1. The first-order chi connectivity index (χ1) is 18.3. The third kappa shape index (κ3) is 5.06. The average Bonchev–Trinajstić information content (AvgIpc) is 3.40. The number of benzene rings is 2. The van der Waals surface area contributed by atoms with Crippen molar-refractivity contribution in [2.45, 2.75) is 43.7 Å². The van der Waals surface area contributed by atoms with Gasteiger partial charge in [-0.3, -0.25) is 4.79 Å². The van der Waals surface area contributed by atoms with Gasteiger partial charge >= 0.3 is 11.9 Å². The van der Waals surface area contributed by atoms with Crippen molar-refractivity contribution < 1.29 is 42.1 Å². The van der Waals surface area contributed by atoms with Crippen molar-refractivity contribution in [1.82, 2.24) is 15.0 Å². The number of ether oxygens (including phenoxy) is 5. The van der Waals surface area contributed by atoms with Gasteiger partial charge in [0.2, 0.25) is 0 Å². The highest BCUT2D eigenvalue weighted by Crippen LogP contribution is 2.41. The van der Waals surface area contributed by atoms with Gasteiger partial charge in [0.1, 0.15) is 35.6 Å². The number of carbonyl (C=O) groups is 2. The Balaban J connectivity index is 1.56. The van der Waals surface area contributed by atoms with Gasteiger partial charge in [-0.25, -0.2) is 18.3 Å². The number of methoxy groups -OCH3 is 1. The molecule has 3 heterocycles. The molecule has 2 aromatic carbocycles. The Morgan fingerprint density at radius 2 is 1.84 bits per heavy atom. The van der Waals surface area contributed by atoms with Crippen molar-refractivity contribution >= 4 is 27.9 Å². The Hall–Kier alpha value is -3.26. The summed E-state index contributed by atoms with van der Waals surface area (Å²) in [4.78, 5) is 24.8. The number of nitrogens with zero attached hydrogens (tertiary/aromatic N) is 3. The van der Waals surface area contributed by atoms with Crippen molar-refractivity contribution in [3.05, 3.63) is 70.3 Å². The van der Waals surface area contributed by atoms with Crippen LogP contribution in [-0.4, -0.2) is 65.1 Å². The standard InChI is InChI=1S/C25H22BrF2N3O7/c1-12(32)36-22-20(31-10-17(29-30-31)14-8-15(27)19(26)16(28)9-14)21-18(37-23(22)24(33)34-2)11-35-25(38-21)13-6-4-3-5-7-13/h3-10,18,20-23,25H,11H2,1-2H3/t18-,20+,21+,22-,23-,25?/m1/s1. The lowest BCUT2D eigenvalue weighted by Gasteiger charge is -2.48. The molecule has 0 radical (unpaired) electrons. The maximum atomic E-state index is 14.2. The Kier molecular flexibility index (Phi) is 7.52. The molecule has 0 N–H and O–H groups in total. The molecule has 10 nitrogen and oxygen atoms in total. The number of halogens is 3. The topological polar surface area (TPSA) is 111 Å². The second kappa shape index (κ2) is 10.8. The summed E-state index contributed by atoms with van der Waals surface area (Å²) in [6.07, 6.45) is -3.52. The molecule has 2 aliphatic heterocycles. The highest BCUT2D eigenvalue weighted by molar-refractivity contribution is 9.10. The second-order valence-corrected chi connectivity index (χ2v) is 9.49. The lowest BCUT2D eigenvalue weighted by molar-refractivity contribution is -0.315. The fourth-order valence-corrected chi connectivity index (χ4v) is 4.80. The first-order valence-corrected chi connectivity index (χ1v) is 12.4. The molecule has 13 heteroatoms. The SMILES string of the molecule is COC(=O)[C@@H]1O[C@@H]2COC(c3ccccc3)O[C@@H]2[C@H](n2cc(-c3cc(F)c(Br)c(F)c3)nn2)[C@H]1OC(C)=O.